The van der Waals surface area contributed by atoms with E-state index in [4.69, 9.17) is 29.2 Å². The van der Waals surface area contributed by atoms with Crippen molar-refractivity contribution in [2.24, 2.45) is 15.0 Å². The van der Waals surface area contributed by atoms with Gasteiger partial charge in [0.25, 0.3) is 0 Å². The number of fused-ring (bicyclic) bond motifs is 6. The molecule has 286 valence electrons. The molecule has 5 heterocycles. The first-order valence-corrected chi connectivity index (χ1v) is 19.4. The molecule has 1 aromatic heterocycles. The first-order valence-electron chi connectivity index (χ1n) is 19.4. The predicted molar refractivity (Wildman–Crippen MR) is 235 cm³/mol. The number of ether oxygens (including phenoxy) is 3. The quantitative estimate of drug-likeness (QED) is 0.169. The number of aromatic nitrogens is 1. The van der Waals surface area contributed by atoms with Crippen LogP contribution in [0.25, 0.3) is 22.3 Å². The zero-order chi connectivity index (χ0) is 40.1. The van der Waals surface area contributed by atoms with E-state index < -0.39 is 5.79 Å². The van der Waals surface area contributed by atoms with Gasteiger partial charge in [0.2, 0.25) is 11.7 Å². The number of hydrogen-bond acceptors (Lipinski definition) is 6. The summed E-state index contributed by atoms with van der Waals surface area (Å²) in [7, 11) is 4.95. The number of nitrogens with one attached hydrogen (secondary N) is 1. The fourth-order valence-electron chi connectivity index (χ4n) is 8.17. The Kier molecular flexibility index (Phi) is 9.35. The van der Waals surface area contributed by atoms with Gasteiger partial charge in [-0.2, -0.15) is 0 Å². The molecule has 7 heteroatoms. The number of methoxy groups -OCH3 is 3. The van der Waals surface area contributed by atoms with Crippen LogP contribution in [0, 0.1) is 27.7 Å². The van der Waals surface area contributed by atoms with Crippen LogP contribution in [0.2, 0.25) is 0 Å². The van der Waals surface area contributed by atoms with Gasteiger partial charge in [-0.05, 0) is 86.4 Å². The second kappa shape index (κ2) is 14.7. The fourth-order valence-corrected chi connectivity index (χ4v) is 8.17. The van der Waals surface area contributed by atoms with Crippen molar-refractivity contribution in [2.45, 2.75) is 33.5 Å². The number of nitrogens with zero attached hydrogens (tertiary/aromatic N) is 3. The number of hydrogen-bond donors (Lipinski definition) is 1. The number of aliphatic imine (C=N–C) groups is 3. The van der Waals surface area contributed by atoms with Crippen LogP contribution < -0.4 is 10.7 Å². The normalized spacial score (nSPS) is 17.1. The lowest BCUT2D eigenvalue weighted by atomic mass is 9.85. The first kappa shape index (κ1) is 36.9. The number of aryl methyl sites for hydroxylation is 4. The third kappa shape index (κ3) is 6.20. The molecule has 5 aromatic rings. The zero-order valence-corrected chi connectivity index (χ0v) is 33.8. The molecule has 8 bridgehead atoms. The van der Waals surface area contributed by atoms with Crippen LogP contribution in [-0.4, -0.2) is 49.2 Å². The van der Waals surface area contributed by atoms with Gasteiger partial charge < -0.3 is 19.2 Å². The van der Waals surface area contributed by atoms with Crippen molar-refractivity contribution in [1.29, 1.82) is 0 Å². The summed E-state index contributed by atoms with van der Waals surface area (Å²) in [6.07, 6.45) is 8.34. The summed E-state index contributed by atoms with van der Waals surface area (Å²) in [6.45, 7) is 8.36. The summed E-state index contributed by atoms with van der Waals surface area (Å²) in [4.78, 5) is 20.0. The smallest absolute Gasteiger partial charge is 0.246 e. The molecule has 9 rings (SSSR count). The van der Waals surface area contributed by atoms with Gasteiger partial charge in [-0.1, -0.05) is 119 Å². The zero-order valence-electron chi connectivity index (χ0n) is 33.8. The van der Waals surface area contributed by atoms with Gasteiger partial charge in [-0.15, -0.1) is 0 Å². The molecular weight excluding hydrogens is 717 g/mol. The Morgan fingerprint density at radius 1 is 0.431 bits per heavy atom. The SMILES string of the molecule is COC1=C2C(c3ccc(C)cc3)=C3C=CC(=N3)C(c3ccc(C)cc3)=C3C=CC(=N3)C(c3ccc(C)cc3)=c3ccc([nH]3)=C(c3ccc(C)cc3)C(=N1)C2(OC)OC. The second-order valence-corrected chi connectivity index (χ2v) is 15.1. The molecule has 0 fully saturated rings. The number of aromatic amines is 1. The second-order valence-electron chi connectivity index (χ2n) is 15.1. The summed E-state index contributed by atoms with van der Waals surface area (Å²) >= 11 is 0. The van der Waals surface area contributed by atoms with Crippen LogP contribution in [0.4, 0.5) is 0 Å². The summed E-state index contributed by atoms with van der Waals surface area (Å²) < 4.78 is 19.5. The highest BCUT2D eigenvalue weighted by atomic mass is 16.7. The number of H-pyrrole nitrogens is 1. The summed E-state index contributed by atoms with van der Waals surface area (Å²) in [5.74, 6) is -1.14. The largest absolute Gasteiger partial charge is 0.481 e. The summed E-state index contributed by atoms with van der Waals surface area (Å²) in [5.41, 5.74) is 16.3. The number of benzene rings is 4. The molecule has 0 saturated carbocycles. The Balaban J connectivity index is 1.46. The molecule has 0 radical (unpaired) electrons. The average Bonchev–Trinajstić information content (AvgIpc) is 4.07. The summed E-state index contributed by atoms with van der Waals surface area (Å²) in [6, 6.07) is 38.2. The minimum atomic E-state index is -1.51. The lowest BCUT2D eigenvalue weighted by Crippen LogP contribution is -2.45. The van der Waals surface area contributed by atoms with Crippen LogP contribution >= 0.6 is 0 Å². The molecule has 0 saturated heterocycles. The predicted octanol–water partition coefficient (Wildman–Crippen LogP) is 8.81. The van der Waals surface area contributed by atoms with Gasteiger partial charge in [0.15, 0.2) is 0 Å². The molecule has 0 aliphatic carbocycles. The van der Waals surface area contributed by atoms with E-state index in [1.165, 1.54) is 11.1 Å². The van der Waals surface area contributed by atoms with Gasteiger partial charge in [-0.3, -0.25) is 0 Å². The molecule has 0 unspecified atom stereocenters. The molecule has 0 spiro atoms. The Morgan fingerprint density at radius 3 is 1.29 bits per heavy atom. The van der Waals surface area contributed by atoms with E-state index in [1.54, 1.807) is 21.3 Å². The van der Waals surface area contributed by atoms with E-state index in [2.05, 4.69) is 166 Å². The van der Waals surface area contributed by atoms with Gasteiger partial charge >= 0.3 is 0 Å². The van der Waals surface area contributed by atoms with Gasteiger partial charge in [0.1, 0.15) is 5.71 Å². The minimum Gasteiger partial charge on any atom is -0.481 e. The number of allylic oxidation sites excluding steroid dienone is 5. The summed E-state index contributed by atoms with van der Waals surface area (Å²) in [5, 5.41) is 1.73. The fraction of sp³-hybridized carbons (Fsp3) is 0.157. The molecule has 4 aliphatic heterocycles. The Hall–Kier alpha value is -6.67. The van der Waals surface area contributed by atoms with Crippen LogP contribution in [0.1, 0.15) is 44.5 Å². The van der Waals surface area contributed by atoms with Crippen molar-refractivity contribution in [1.82, 2.24) is 4.98 Å². The van der Waals surface area contributed by atoms with Gasteiger partial charge in [-0.25, -0.2) is 15.0 Å². The van der Waals surface area contributed by atoms with E-state index >= 15 is 0 Å². The Labute approximate surface area is 338 Å². The highest BCUT2D eigenvalue weighted by molar-refractivity contribution is 6.35. The maximum absolute atomic E-state index is 6.63. The van der Waals surface area contributed by atoms with E-state index in [0.717, 1.165) is 83.5 Å². The van der Waals surface area contributed by atoms with E-state index in [0.29, 0.717) is 22.9 Å². The highest BCUT2D eigenvalue weighted by Crippen LogP contribution is 2.47. The van der Waals surface area contributed by atoms with E-state index in [-0.39, 0.29) is 0 Å². The standard InChI is InChI=1S/C51H44N4O3/c1-30-8-16-34(17-9-30)44-38-24-25-39(52-38)45(35-18-10-31(2)11-19-35)41-27-29-43(54-41)47(37-22-14-33(4)15-23-37)49-51(57-6,58-7)48(50(55-49)56-5)46(42-28-26-40(44)53-42)36-20-12-32(3)13-21-36/h8-29,54H,1-7H3. The third-order valence-corrected chi connectivity index (χ3v) is 11.2. The molecule has 7 nitrogen and oxygen atoms in total. The molecule has 4 aliphatic rings. The van der Waals surface area contributed by atoms with E-state index in [1.807, 2.05) is 0 Å². The van der Waals surface area contributed by atoms with Crippen molar-refractivity contribution in [3.05, 3.63) is 212 Å². The lowest BCUT2D eigenvalue weighted by Gasteiger charge is -2.33. The minimum absolute atomic E-state index is 0.371. The van der Waals surface area contributed by atoms with Crippen LogP contribution in [0.15, 0.2) is 171 Å². The molecule has 1 N–H and O–H groups in total. The van der Waals surface area contributed by atoms with E-state index in [9.17, 15) is 0 Å². The first-order chi connectivity index (χ1) is 28.2. The number of rotatable bonds is 7. The molecule has 58 heavy (non-hydrogen) atoms. The molecular formula is C51H44N4O3. The topological polar surface area (TPSA) is 80.6 Å². The van der Waals surface area contributed by atoms with Crippen LogP contribution in [-0.2, 0) is 14.2 Å². The molecule has 4 aromatic carbocycles. The Morgan fingerprint density at radius 2 is 0.828 bits per heavy atom. The van der Waals surface area contributed by atoms with Gasteiger partial charge in [0.05, 0.1) is 35.5 Å². The molecule has 0 amide bonds. The Bertz CT molecular complexity index is 2870. The van der Waals surface area contributed by atoms with Crippen molar-refractivity contribution in [2.75, 3.05) is 21.3 Å². The van der Waals surface area contributed by atoms with Crippen LogP contribution in [0.3, 0.4) is 0 Å². The van der Waals surface area contributed by atoms with Crippen molar-refractivity contribution < 1.29 is 14.2 Å². The average molecular weight is 761 g/mol. The lowest BCUT2D eigenvalue weighted by molar-refractivity contribution is -0.120. The highest BCUT2D eigenvalue weighted by Gasteiger charge is 2.52. The van der Waals surface area contributed by atoms with Gasteiger partial charge in [0, 0.05) is 47.2 Å². The monoisotopic (exact) mass is 760 g/mol. The van der Waals surface area contributed by atoms with Crippen molar-refractivity contribution >= 4 is 39.4 Å². The third-order valence-electron chi connectivity index (χ3n) is 11.2. The maximum atomic E-state index is 6.63. The molecule has 0 atom stereocenters. The maximum Gasteiger partial charge on any atom is 0.246 e. The van der Waals surface area contributed by atoms with Crippen molar-refractivity contribution in [3.8, 4) is 0 Å². The van der Waals surface area contributed by atoms with Crippen molar-refractivity contribution in [3.63, 3.8) is 0 Å². The van der Waals surface area contributed by atoms with Crippen LogP contribution in [0.5, 0.6) is 0 Å².